The number of nitrogens with one attached hydrogen (secondary N) is 1. The Labute approximate surface area is 162 Å². The zero-order valence-corrected chi connectivity index (χ0v) is 15.1. The molecule has 3 aromatic rings. The zero-order valence-electron chi connectivity index (χ0n) is 15.1. The van der Waals surface area contributed by atoms with Crippen molar-refractivity contribution >= 4 is 17.4 Å². The SMILES string of the molecule is O=C(Nc1cccc(Oc2ncccn2)c1)c1ccc(N2CCOCC2)nc1. The highest BCUT2D eigenvalue weighted by atomic mass is 16.5. The summed E-state index contributed by atoms with van der Waals surface area (Å²) >= 11 is 0. The van der Waals surface area contributed by atoms with Crippen LogP contribution in [0.25, 0.3) is 0 Å². The van der Waals surface area contributed by atoms with Gasteiger partial charge in [-0.15, -0.1) is 0 Å². The highest BCUT2D eigenvalue weighted by molar-refractivity contribution is 6.04. The Bertz CT molecular complexity index is 928. The minimum absolute atomic E-state index is 0.242. The number of carbonyl (C=O) groups excluding carboxylic acids is 1. The first-order valence-corrected chi connectivity index (χ1v) is 8.93. The van der Waals surface area contributed by atoms with E-state index in [4.69, 9.17) is 9.47 Å². The second kappa shape index (κ2) is 8.45. The maximum atomic E-state index is 12.5. The van der Waals surface area contributed by atoms with E-state index in [1.807, 2.05) is 6.07 Å². The van der Waals surface area contributed by atoms with E-state index in [9.17, 15) is 4.79 Å². The predicted octanol–water partition coefficient (Wildman–Crippen LogP) is 2.75. The van der Waals surface area contributed by atoms with Gasteiger partial charge in [-0.05, 0) is 30.3 Å². The third-order valence-corrected chi connectivity index (χ3v) is 4.19. The molecule has 0 unspecified atom stereocenters. The maximum Gasteiger partial charge on any atom is 0.321 e. The summed E-state index contributed by atoms with van der Waals surface area (Å²) in [5, 5.41) is 2.85. The lowest BCUT2D eigenvalue weighted by Gasteiger charge is -2.27. The number of carbonyl (C=O) groups is 1. The quantitative estimate of drug-likeness (QED) is 0.731. The molecule has 1 fully saturated rings. The minimum Gasteiger partial charge on any atom is -0.424 e. The molecule has 1 aromatic carbocycles. The Morgan fingerprint density at radius 1 is 1.04 bits per heavy atom. The van der Waals surface area contributed by atoms with E-state index in [1.165, 1.54) is 0 Å². The number of hydrogen-bond donors (Lipinski definition) is 1. The number of rotatable bonds is 5. The van der Waals surface area contributed by atoms with Crippen LogP contribution >= 0.6 is 0 Å². The van der Waals surface area contributed by atoms with Crippen molar-refractivity contribution in [1.82, 2.24) is 15.0 Å². The first kappa shape index (κ1) is 17.9. The molecule has 1 N–H and O–H groups in total. The van der Waals surface area contributed by atoms with Gasteiger partial charge in [0.1, 0.15) is 11.6 Å². The van der Waals surface area contributed by atoms with Crippen LogP contribution in [0.1, 0.15) is 10.4 Å². The summed E-state index contributed by atoms with van der Waals surface area (Å²) in [5.74, 6) is 1.14. The van der Waals surface area contributed by atoms with E-state index in [0.29, 0.717) is 30.2 Å². The van der Waals surface area contributed by atoms with Gasteiger partial charge in [-0.2, -0.15) is 0 Å². The number of anilines is 2. The molecular weight excluding hydrogens is 358 g/mol. The molecule has 0 bridgehead atoms. The van der Waals surface area contributed by atoms with Crippen molar-refractivity contribution in [3.63, 3.8) is 0 Å². The van der Waals surface area contributed by atoms with E-state index in [1.54, 1.807) is 55.0 Å². The topological polar surface area (TPSA) is 89.5 Å². The standard InChI is InChI=1S/C20H19N5O3/c26-19(15-5-6-18(23-14-15)25-9-11-27-12-10-25)24-16-3-1-4-17(13-16)28-20-21-7-2-8-22-20/h1-8,13-14H,9-12H2,(H,24,26). The molecular formula is C20H19N5O3. The molecule has 2 aromatic heterocycles. The lowest BCUT2D eigenvalue weighted by molar-refractivity contribution is 0.102. The summed E-state index contributed by atoms with van der Waals surface area (Å²) in [6.07, 6.45) is 4.78. The van der Waals surface area contributed by atoms with E-state index < -0.39 is 0 Å². The Morgan fingerprint density at radius 3 is 2.61 bits per heavy atom. The van der Waals surface area contributed by atoms with Gasteiger partial charge in [0.25, 0.3) is 5.91 Å². The molecule has 1 aliphatic rings. The second-order valence-electron chi connectivity index (χ2n) is 6.12. The van der Waals surface area contributed by atoms with Gasteiger partial charge >= 0.3 is 6.01 Å². The number of benzene rings is 1. The van der Waals surface area contributed by atoms with Gasteiger partial charge in [0.2, 0.25) is 0 Å². The summed E-state index contributed by atoms with van der Waals surface area (Å²) in [5.41, 5.74) is 1.09. The molecule has 1 aliphatic heterocycles. The monoisotopic (exact) mass is 377 g/mol. The second-order valence-corrected chi connectivity index (χ2v) is 6.12. The number of ether oxygens (including phenoxy) is 2. The van der Waals surface area contributed by atoms with Gasteiger partial charge in [-0.25, -0.2) is 15.0 Å². The molecule has 142 valence electrons. The molecule has 0 radical (unpaired) electrons. The van der Waals surface area contributed by atoms with Crippen LogP contribution in [0.5, 0.6) is 11.8 Å². The molecule has 0 spiro atoms. The van der Waals surface area contributed by atoms with Gasteiger partial charge in [0.05, 0.1) is 18.8 Å². The van der Waals surface area contributed by atoms with Crippen LogP contribution in [0, 0.1) is 0 Å². The summed E-state index contributed by atoms with van der Waals surface area (Å²) in [6.45, 7) is 2.99. The van der Waals surface area contributed by atoms with Crippen LogP contribution in [0.15, 0.2) is 61.1 Å². The molecule has 0 saturated carbocycles. The van der Waals surface area contributed by atoms with Gasteiger partial charge in [-0.1, -0.05) is 6.07 Å². The van der Waals surface area contributed by atoms with Crippen LogP contribution in [0.2, 0.25) is 0 Å². The van der Waals surface area contributed by atoms with Crippen molar-refractivity contribution in [2.24, 2.45) is 0 Å². The van der Waals surface area contributed by atoms with Gasteiger partial charge in [-0.3, -0.25) is 4.79 Å². The van der Waals surface area contributed by atoms with E-state index in [0.717, 1.165) is 18.9 Å². The van der Waals surface area contributed by atoms with E-state index >= 15 is 0 Å². The Kier molecular flexibility index (Phi) is 5.39. The number of amides is 1. The number of hydrogen-bond acceptors (Lipinski definition) is 7. The summed E-state index contributed by atoms with van der Waals surface area (Å²) < 4.78 is 10.9. The Hall–Kier alpha value is -3.52. The molecule has 8 heteroatoms. The molecule has 0 aliphatic carbocycles. The van der Waals surface area contributed by atoms with Gasteiger partial charge < -0.3 is 19.7 Å². The molecule has 8 nitrogen and oxygen atoms in total. The smallest absolute Gasteiger partial charge is 0.321 e. The van der Waals surface area contributed by atoms with Crippen LogP contribution in [-0.4, -0.2) is 47.2 Å². The van der Waals surface area contributed by atoms with Crippen LogP contribution in [0.4, 0.5) is 11.5 Å². The number of aromatic nitrogens is 3. The fraction of sp³-hybridized carbons (Fsp3) is 0.200. The first-order valence-electron chi connectivity index (χ1n) is 8.93. The van der Waals surface area contributed by atoms with Crippen molar-refractivity contribution in [1.29, 1.82) is 0 Å². The first-order chi connectivity index (χ1) is 13.8. The number of pyridine rings is 1. The number of morpholine rings is 1. The summed E-state index contributed by atoms with van der Waals surface area (Å²) in [7, 11) is 0. The molecule has 4 rings (SSSR count). The third-order valence-electron chi connectivity index (χ3n) is 4.19. The van der Waals surface area contributed by atoms with Crippen LogP contribution < -0.4 is 15.0 Å². The average Bonchev–Trinajstić information content (AvgIpc) is 2.75. The summed E-state index contributed by atoms with van der Waals surface area (Å²) in [6, 6.07) is 12.6. The predicted molar refractivity (Wildman–Crippen MR) is 104 cm³/mol. The zero-order chi connectivity index (χ0) is 19.2. The highest BCUT2D eigenvalue weighted by Gasteiger charge is 2.13. The van der Waals surface area contributed by atoms with Crippen molar-refractivity contribution in [3.8, 4) is 11.8 Å². The Balaban J connectivity index is 1.41. The minimum atomic E-state index is -0.242. The lowest BCUT2D eigenvalue weighted by atomic mass is 10.2. The molecule has 1 amide bonds. The van der Waals surface area contributed by atoms with Crippen LogP contribution in [0.3, 0.4) is 0 Å². The largest absolute Gasteiger partial charge is 0.424 e. The van der Waals surface area contributed by atoms with Crippen molar-refractivity contribution in [3.05, 3.63) is 66.6 Å². The van der Waals surface area contributed by atoms with Gasteiger partial charge in [0.15, 0.2) is 0 Å². The fourth-order valence-corrected chi connectivity index (χ4v) is 2.78. The highest BCUT2D eigenvalue weighted by Crippen LogP contribution is 2.22. The van der Waals surface area contributed by atoms with Crippen molar-refractivity contribution < 1.29 is 14.3 Å². The van der Waals surface area contributed by atoms with Crippen molar-refractivity contribution in [2.45, 2.75) is 0 Å². The maximum absolute atomic E-state index is 12.5. The van der Waals surface area contributed by atoms with E-state index in [-0.39, 0.29) is 11.9 Å². The lowest BCUT2D eigenvalue weighted by Crippen LogP contribution is -2.36. The molecule has 0 atom stereocenters. The normalized spacial score (nSPS) is 13.8. The molecule has 1 saturated heterocycles. The molecule has 3 heterocycles. The number of nitrogens with zero attached hydrogens (tertiary/aromatic N) is 4. The third kappa shape index (κ3) is 4.41. The molecule has 28 heavy (non-hydrogen) atoms. The van der Waals surface area contributed by atoms with Gasteiger partial charge in [0, 0.05) is 43.4 Å². The summed E-state index contributed by atoms with van der Waals surface area (Å²) in [4.78, 5) is 27.1. The van der Waals surface area contributed by atoms with E-state index in [2.05, 4.69) is 25.2 Å². The average molecular weight is 377 g/mol. The van der Waals surface area contributed by atoms with Crippen molar-refractivity contribution in [2.75, 3.05) is 36.5 Å². The fourth-order valence-electron chi connectivity index (χ4n) is 2.78. The van der Waals surface area contributed by atoms with Crippen LogP contribution in [-0.2, 0) is 4.74 Å². The Morgan fingerprint density at radius 2 is 1.86 bits per heavy atom.